The van der Waals surface area contributed by atoms with Gasteiger partial charge in [-0.15, -0.1) is 25.3 Å². The number of ether oxygens (including phenoxy) is 1. The Kier molecular flexibility index (Phi) is 3.92. The average molecular weight is 292 g/mol. The summed E-state index contributed by atoms with van der Waals surface area (Å²) in [7, 11) is 0. The first-order valence-corrected chi connectivity index (χ1v) is 6.24. The first kappa shape index (κ1) is 13.6. The van der Waals surface area contributed by atoms with E-state index < -0.39 is 0 Å². The summed E-state index contributed by atoms with van der Waals surface area (Å²) in [6.07, 6.45) is 0. The van der Waals surface area contributed by atoms with Gasteiger partial charge in [-0.3, -0.25) is 4.79 Å². The first-order valence-electron chi connectivity index (χ1n) is 5.34. The molecule has 2 aromatic rings. The summed E-state index contributed by atoms with van der Waals surface area (Å²) in [5.74, 6) is 0.375. The van der Waals surface area contributed by atoms with Gasteiger partial charge in [-0.05, 0) is 29.8 Å². The van der Waals surface area contributed by atoms with Crippen LogP contribution >= 0.6 is 25.3 Å². The number of benzene rings is 2. The molecule has 0 heterocycles. The molecule has 0 saturated carbocycles. The fourth-order valence-electron chi connectivity index (χ4n) is 1.68. The summed E-state index contributed by atoms with van der Waals surface area (Å²) >= 11 is 8.41. The second kappa shape index (κ2) is 5.46. The second-order valence-electron chi connectivity index (χ2n) is 3.89. The summed E-state index contributed by atoms with van der Waals surface area (Å²) in [6, 6.07) is 8.61. The highest BCUT2D eigenvalue weighted by Gasteiger charge is 2.11. The molecule has 98 valence electrons. The molecule has 0 amide bonds. The van der Waals surface area contributed by atoms with Crippen molar-refractivity contribution in [1.82, 2.24) is 0 Å². The molecular weight excluding hydrogens is 280 g/mol. The van der Waals surface area contributed by atoms with Crippen LogP contribution in [0.15, 0.2) is 40.1 Å². The van der Waals surface area contributed by atoms with Crippen molar-refractivity contribution in [2.24, 2.45) is 0 Å². The summed E-state index contributed by atoms with van der Waals surface area (Å²) in [6.45, 7) is 0.360. The standard InChI is InChI=1S/C13H12N2O2S2/c14-9-3-7(1-2-12(9)18)8-4-10(15)13(19)5-11(8)17-6-16/h1-6,18-19H,14-15H2. The molecule has 0 aliphatic heterocycles. The van der Waals surface area contributed by atoms with Crippen LogP contribution in [0.25, 0.3) is 11.1 Å². The predicted octanol–water partition coefficient (Wildman–Crippen LogP) is 2.63. The van der Waals surface area contributed by atoms with E-state index in [1.807, 2.05) is 6.07 Å². The second-order valence-corrected chi connectivity index (χ2v) is 4.86. The van der Waals surface area contributed by atoms with Crippen LogP contribution in [-0.2, 0) is 4.79 Å². The first-order chi connectivity index (χ1) is 9.02. The van der Waals surface area contributed by atoms with E-state index in [4.69, 9.17) is 16.2 Å². The quantitative estimate of drug-likeness (QED) is 0.398. The Morgan fingerprint density at radius 2 is 1.68 bits per heavy atom. The third-order valence-corrected chi connectivity index (χ3v) is 3.44. The highest BCUT2D eigenvalue weighted by molar-refractivity contribution is 7.80. The number of carbonyl (C=O) groups is 1. The predicted molar refractivity (Wildman–Crippen MR) is 81.9 cm³/mol. The zero-order chi connectivity index (χ0) is 14.0. The molecule has 0 spiro atoms. The van der Waals surface area contributed by atoms with Crippen LogP contribution in [-0.4, -0.2) is 6.47 Å². The molecule has 0 saturated heterocycles. The molecule has 0 aromatic heterocycles. The van der Waals surface area contributed by atoms with Crippen molar-refractivity contribution in [3.05, 3.63) is 30.3 Å². The number of rotatable bonds is 3. The molecule has 4 nitrogen and oxygen atoms in total. The molecule has 0 atom stereocenters. The van der Waals surface area contributed by atoms with Gasteiger partial charge < -0.3 is 16.2 Å². The molecule has 4 N–H and O–H groups in total. The minimum absolute atomic E-state index is 0.360. The lowest BCUT2D eigenvalue weighted by Gasteiger charge is -2.11. The summed E-state index contributed by atoms with van der Waals surface area (Å²) < 4.78 is 4.95. The lowest BCUT2D eigenvalue weighted by molar-refractivity contribution is -0.120. The Hall–Kier alpha value is -1.79. The van der Waals surface area contributed by atoms with Gasteiger partial charge in [0.15, 0.2) is 0 Å². The molecule has 2 aromatic carbocycles. The van der Waals surface area contributed by atoms with Crippen LogP contribution in [0.4, 0.5) is 11.4 Å². The number of thiol groups is 2. The monoisotopic (exact) mass is 292 g/mol. The smallest absolute Gasteiger partial charge is 0.298 e. The number of nitrogen functional groups attached to an aromatic ring is 2. The van der Waals surface area contributed by atoms with Crippen molar-refractivity contribution in [2.45, 2.75) is 9.79 Å². The Balaban J connectivity index is 2.62. The molecule has 0 bridgehead atoms. The van der Waals surface area contributed by atoms with Crippen molar-refractivity contribution >= 4 is 43.1 Å². The fraction of sp³-hybridized carbons (Fsp3) is 0. The molecule has 19 heavy (non-hydrogen) atoms. The maximum atomic E-state index is 10.6. The third-order valence-electron chi connectivity index (χ3n) is 2.64. The van der Waals surface area contributed by atoms with Crippen molar-refractivity contribution in [3.63, 3.8) is 0 Å². The van der Waals surface area contributed by atoms with E-state index in [1.54, 1.807) is 24.3 Å². The highest BCUT2D eigenvalue weighted by atomic mass is 32.1. The highest BCUT2D eigenvalue weighted by Crippen LogP contribution is 2.36. The third kappa shape index (κ3) is 2.80. The molecule has 2 rings (SSSR count). The van der Waals surface area contributed by atoms with Crippen molar-refractivity contribution in [2.75, 3.05) is 11.5 Å². The Labute approximate surface area is 121 Å². The van der Waals surface area contributed by atoms with E-state index >= 15 is 0 Å². The Morgan fingerprint density at radius 1 is 1.00 bits per heavy atom. The molecular formula is C13H12N2O2S2. The zero-order valence-corrected chi connectivity index (χ0v) is 11.6. The number of hydrogen-bond acceptors (Lipinski definition) is 6. The number of carbonyl (C=O) groups excluding carboxylic acids is 1. The van der Waals surface area contributed by atoms with E-state index in [0.717, 1.165) is 5.56 Å². The van der Waals surface area contributed by atoms with Gasteiger partial charge in [0.05, 0.1) is 0 Å². The van der Waals surface area contributed by atoms with E-state index in [0.29, 0.717) is 39.0 Å². The van der Waals surface area contributed by atoms with Gasteiger partial charge in [0.25, 0.3) is 6.47 Å². The van der Waals surface area contributed by atoms with E-state index in [9.17, 15) is 4.79 Å². The van der Waals surface area contributed by atoms with Crippen LogP contribution in [0.3, 0.4) is 0 Å². The van der Waals surface area contributed by atoms with Gasteiger partial charge >= 0.3 is 0 Å². The van der Waals surface area contributed by atoms with E-state index in [-0.39, 0.29) is 0 Å². The maximum absolute atomic E-state index is 10.6. The fourth-order valence-corrected chi connectivity index (χ4v) is 2.00. The van der Waals surface area contributed by atoms with Gasteiger partial charge in [0, 0.05) is 26.7 Å². The Bertz CT molecular complexity index is 645. The minimum Gasteiger partial charge on any atom is -0.428 e. The number of nitrogens with two attached hydrogens (primary N) is 2. The maximum Gasteiger partial charge on any atom is 0.298 e. The number of hydrogen-bond donors (Lipinski definition) is 4. The van der Waals surface area contributed by atoms with Crippen LogP contribution in [0.2, 0.25) is 0 Å². The molecule has 0 aliphatic carbocycles. The SMILES string of the molecule is Nc1cc(-c2cc(N)c(S)cc2OC=O)ccc1S. The van der Waals surface area contributed by atoms with Gasteiger partial charge in [0.1, 0.15) is 5.75 Å². The van der Waals surface area contributed by atoms with Crippen LogP contribution in [0.1, 0.15) is 0 Å². The van der Waals surface area contributed by atoms with Gasteiger partial charge in [-0.1, -0.05) is 6.07 Å². The average Bonchev–Trinajstić information content (AvgIpc) is 2.37. The van der Waals surface area contributed by atoms with Crippen molar-refractivity contribution in [3.8, 4) is 16.9 Å². The normalized spacial score (nSPS) is 10.2. The van der Waals surface area contributed by atoms with Gasteiger partial charge in [-0.25, -0.2) is 0 Å². The molecule has 0 aliphatic rings. The van der Waals surface area contributed by atoms with Crippen molar-refractivity contribution < 1.29 is 9.53 Å². The van der Waals surface area contributed by atoms with Gasteiger partial charge in [0.2, 0.25) is 0 Å². The minimum atomic E-state index is 0.360. The van der Waals surface area contributed by atoms with Crippen LogP contribution < -0.4 is 16.2 Å². The largest absolute Gasteiger partial charge is 0.428 e. The van der Waals surface area contributed by atoms with E-state index in [2.05, 4.69) is 25.3 Å². The summed E-state index contributed by atoms with van der Waals surface area (Å²) in [4.78, 5) is 11.8. The van der Waals surface area contributed by atoms with Gasteiger partial charge in [-0.2, -0.15) is 0 Å². The summed E-state index contributed by atoms with van der Waals surface area (Å²) in [5, 5.41) is 0. The van der Waals surface area contributed by atoms with Crippen molar-refractivity contribution in [1.29, 1.82) is 0 Å². The molecule has 6 heteroatoms. The topological polar surface area (TPSA) is 78.3 Å². The molecule has 0 radical (unpaired) electrons. The molecule has 0 fully saturated rings. The lowest BCUT2D eigenvalue weighted by Crippen LogP contribution is -1.96. The zero-order valence-electron chi connectivity index (χ0n) is 9.83. The lowest BCUT2D eigenvalue weighted by atomic mass is 10.0. The van der Waals surface area contributed by atoms with Crippen LogP contribution in [0.5, 0.6) is 5.75 Å². The van der Waals surface area contributed by atoms with Crippen LogP contribution in [0, 0.1) is 0 Å². The Morgan fingerprint density at radius 3 is 2.32 bits per heavy atom. The summed E-state index contributed by atoms with van der Waals surface area (Å²) in [5.41, 5.74) is 14.1. The van der Waals surface area contributed by atoms with E-state index in [1.165, 1.54) is 0 Å². The molecule has 0 unspecified atom stereocenters. The number of anilines is 2.